The zero-order chi connectivity index (χ0) is 17.2. The summed E-state index contributed by atoms with van der Waals surface area (Å²) in [4.78, 5) is 8.55. The van der Waals surface area contributed by atoms with E-state index in [4.69, 9.17) is 21.1 Å². The van der Waals surface area contributed by atoms with Crippen LogP contribution in [0.2, 0.25) is 5.28 Å². The van der Waals surface area contributed by atoms with Gasteiger partial charge in [-0.2, -0.15) is 0 Å². The van der Waals surface area contributed by atoms with Crippen LogP contribution in [0.4, 0.5) is 5.82 Å². The van der Waals surface area contributed by atoms with Crippen molar-refractivity contribution in [2.75, 3.05) is 25.1 Å². The van der Waals surface area contributed by atoms with Crippen molar-refractivity contribution in [3.8, 4) is 11.3 Å². The van der Waals surface area contributed by atoms with Gasteiger partial charge in [0.05, 0.1) is 25.5 Å². The molecule has 0 amide bonds. The minimum absolute atomic E-state index is 0.118. The van der Waals surface area contributed by atoms with Crippen LogP contribution in [0.5, 0.6) is 0 Å². The van der Waals surface area contributed by atoms with Gasteiger partial charge in [-0.3, -0.25) is 0 Å². The highest BCUT2D eigenvalue weighted by Gasteiger charge is 2.16. The molecule has 1 fully saturated rings. The molecule has 1 aliphatic rings. The van der Waals surface area contributed by atoms with Crippen molar-refractivity contribution in [1.82, 2.24) is 9.97 Å². The minimum atomic E-state index is -0.221. The van der Waals surface area contributed by atoms with Crippen LogP contribution in [-0.4, -0.2) is 36.0 Å². The molecular weight excluding hydrogens is 326 g/mol. The second-order valence-corrected chi connectivity index (χ2v) is 7.15. The van der Waals surface area contributed by atoms with E-state index < -0.39 is 0 Å². The Hall–Kier alpha value is -1.69. The maximum Gasteiger partial charge on any atom is 0.224 e. The van der Waals surface area contributed by atoms with Crippen molar-refractivity contribution in [1.29, 1.82) is 0 Å². The van der Waals surface area contributed by atoms with Gasteiger partial charge in [0, 0.05) is 11.6 Å². The molecule has 0 bridgehead atoms. The second-order valence-electron chi connectivity index (χ2n) is 6.81. The monoisotopic (exact) mass is 347 g/mol. The van der Waals surface area contributed by atoms with Crippen LogP contribution < -0.4 is 5.32 Å². The Morgan fingerprint density at radius 1 is 1.12 bits per heavy atom. The summed E-state index contributed by atoms with van der Waals surface area (Å²) in [5, 5.41) is 3.39. The fraction of sp³-hybridized carbons (Fsp3) is 0.444. The first-order chi connectivity index (χ1) is 11.4. The van der Waals surface area contributed by atoms with E-state index >= 15 is 0 Å². The highest BCUT2D eigenvalue weighted by Crippen LogP contribution is 2.27. The number of halogens is 1. The summed E-state index contributed by atoms with van der Waals surface area (Å²) in [6.07, 6.45) is -0.221. The molecule has 1 atom stereocenters. The van der Waals surface area contributed by atoms with Gasteiger partial charge in [-0.1, -0.05) is 45.0 Å². The highest BCUT2D eigenvalue weighted by atomic mass is 35.5. The molecule has 1 aliphatic heterocycles. The van der Waals surface area contributed by atoms with Crippen LogP contribution in [0.25, 0.3) is 11.3 Å². The van der Waals surface area contributed by atoms with E-state index in [1.54, 1.807) is 0 Å². The molecule has 1 unspecified atom stereocenters. The molecule has 5 nitrogen and oxygen atoms in total. The second kappa shape index (κ2) is 7.05. The van der Waals surface area contributed by atoms with Crippen LogP contribution in [-0.2, 0) is 14.9 Å². The van der Waals surface area contributed by atoms with Crippen LogP contribution in [0.15, 0.2) is 30.3 Å². The molecule has 128 valence electrons. The predicted octanol–water partition coefficient (Wildman–Crippen LogP) is 3.88. The summed E-state index contributed by atoms with van der Waals surface area (Å²) in [5.74, 6) is 0.625. The van der Waals surface area contributed by atoms with Crippen LogP contribution in [0.1, 0.15) is 26.3 Å². The third kappa shape index (κ3) is 4.23. The first kappa shape index (κ1) is 17.1. The van der Waals surface area contributed by atoms with Gasteiger partial charge in [0.25, 0.3) is 0 Å². The van der Waals surface area contributed by atoms with Gasteiger partial charge in [-0.25, -0.2) is 9.97 Å². The van der Waals surface area contributed by atoms with E-state index in [9.17, 15) is 0 Å². The molecule has 0 radical (unpaired) electrons. The number of rotatable bonds is 3. The van der Waals surface area contributed by atoms with E-state index in [1.807, 2.05) is 6.07 Å². The lowest BCUT2D eigenvalue weighted by Gasteiger charge is -2.24. The number of hydrogen-bond acceptors (Lipinski definition) is 5. The average Bonchev–Trinajstić information content (AvgIpc) is 2.54. The summed E-state index contributed by atoms with van der Waals surface area (Å²) in [7, 11) is 0. The molecule has 0 saturated carbocycles. The molecule has 0 spiro atoms. The Balaban J connectivity index is 1.82. The molecule has 6 heteroatoms. The summed E-state index contributed by atoms with van der Waals surface area (Å²) in [6, 6.07) is 10.2. The maximum atomic E-state index is 6.09. The number of nitrogens with zero attached hydrogens (tertiary/aromatic N) is 2. The Labute approximate surface area is 147 Å². The molecule has 1 aromatic heterocycles. The lowest BCUT2D eigenvalue weighted by Crippen LogP contribution is -2.35. The molecular formula is C18H22ClN3O2. The fourth-order valence-electron chi connectivity index (χ4n) is 2.52. The summed E-state index contributed by atoms with van der Waals surface area (Å²) in [6.45, 7) is 8.25. The zero-order valence-corrected chi connectivity index (χ0v) is 14.9. The molecule has 2 heterocycles. The number of ether oxygens (including phenoxy) is 2. The van der Waals surface area contributed by atoms with Gasteiger partial charge in [0.1, 0.15) is 5.82 Å². The number of anilines is 1. The van der Waals surface area contributed by atoms with Gasteiger partial charge < -0.3 is 14.8 Å². The summed E-state index contributed by atoms with van der Waals surface area (Å²) in [5.41, 5.74) is 3.16. The standard InChI is InChI=1S/C18H22ClN3O2/c1-18(2,3)13-6-4-12(5-7-13)14-10-15(22-17(19)20-14)21-16-11-23-8-9-24-16/h4-7,10,16H,8-9,11H2,1-3H3,(H,20,21,22). The van der Waals surface area contributed by atoms with E-state index in [0.717, 1.165) is 11.3 Å². The van der Waals surface area contributed by atoms with E-state index in [-0.39, 0.29) is 16.9 Å². The first-order valence-corrected chi connectivity index (χ1v) is 8.41. The molecule has 1 N–H and O–H groups in total. The SMILES string of the molecule is CC(C)(C)c1ccc(-c2cc(NC3COCCO3)nc(Cl)n2)cc1. The van der Waals surface area contributed by atoms with E-state index in [1.165, 1.54) is 5.56 Å². The van der Waals surface area contributed by atoms with Crippen molar-refractivity contribution in [3.05, 3.63) is 41.2 Å². The largest absolute Gasteiger partial charge is 0.374 e. The average molecular weight is 348 g/mol. The smallest absolute Gasteiger partial charge is 0.224 e. The fourth-order valence-corrected chi connectivity index (χ4v) is 2.70. The van der Waals surface area contributed by atoms with Crippen molar-refractivity contribution in [3.63, 3.8) is 0 Å². The quantitative estimate of drug-likeness (QED) is 0.854. The molecule has 2 aromatic rings. The molecule has 24 heavy (non-hydrogen) atoms. The molecule has 3 rings (SSSR count). The van der Waals surface area contributed by atoms with Gasteiger partial charge in [0.2, 0.25) is 5.28 Å². The number of aromatic nitrogens is 2. The predicted molar refractivity (Wildman–Crippen MR) is 95.4 cm³/mol. The number of benzene rings is 1. The maximum absolute atomic E-state index is 6.09. The Bertz CT molecular complexity index is 692. The van der Waals surface area contributed by atoms with Crippen LogP contribution in [0.3, 0.4) is 0 Å². The van der Waals surface area contributed by atoms with Crippen molar-refractivity contribution >= 4 is 17.4 Å². The van der Waals surface area contributed by atoms with E-state index in [0.29, 0.717) is 25.6 Å². The van der Waals surface area contributed by atoms with Gasteiger partial charge in [0.15, 0.2) is 6.23 Å². The molecule has 1 saturated heterocycles. The summed E-state index contributed by atoms with van der Waals surface area (Å²) >= 11 is 6.09. The van der Waals surface area contributed by atoms with E-state index in [2.05, 4.69) is 60.3 Å². The van der Waals surface area contributed by atoms with Crippen LogP contribution in [0, 0.1) is 0 Å². The number of hydrogen-bond donors (Lipinski definition) is 1. The number of nitrogens with one attached hydrogen (secondary N) is 1. The van der Waals surface area contributed by atoms with Crippen LogP contribution >= 0.6 is 11.6 Å². The Morgan fingerprint density at radius 2 is 1.88 bits per heavy atom. The van der Waals surface area contributed by atoms with Gasteiger partial charge in [-0.15, -0.1) is 0 Å². The third-order valence-corrected chi connectivity index (χ3v) is 4.04. The van der Waals surface area contributed by atoms with Crippen molar-refractivity contribution in [2.24, 2.45) is 0 Å². The topological polar surface area (TPSA) is 56.3 Å². The van der Waals surface area contributed by atoms with Crippen molar-refractivity contribution < 1.29 is 9.47 Å². The Morgan fingerprint density at radius 3 is 2.50 bits per heavy atom. The highest BCUT2D eigenvalue weighted by molar-refractivity contribution is 6.28. The minimum Gasteiger partial charge on any atom is -0.374 e. The molecule has 1 aromatic carbocycles. The van der Waals surface area contributed by atoms with Gasteiger partial charge in [-0.05, 0) is 22.6 Å². The Kier molecular flexibility index (Phi) is 5.04. The lowest BCUT2D eigenvalue weighted by molar-refractivity contribution is -0.0758. The first-order valence-electron chi connectivity index (χ1n) is 8.03. The van der Waals surface area contributed by atoms with Crippen molar-refractivity contribution in [2.45, 2.75) is 32.4 Å². The molecule has 0 aliphatic carbocycles. The normalized spacial score (nSPS) is 18.4. The third-order valence-electron chi connectivity index (χ3n) is 3.87. The lowest BCUT2D eigenvalue weighted by atomic mass is 9.86. The van der Waals surface area contributed by atoms with Gasteiger partial charge >= 0.3 is 0 Å². The summed E-state index contributed by atoms with van der Waals surface area (Å²) < 4.78 is 11.0. The zero-order valence-electron chi connectivity index (χ0n) is 14.2.